The van der Waals surface area contributed by atoms with E-state index in [4.69, 9.17) is 0 Å². The molecule has 1 aromatic heterocycles. The van der Waals surface area contributed by atoms with E-state index in [9.17, 15) is 5.11 Å². The fraction of sp³-hybridized carbons (Fsp3) is 0.692. The van der Waals surface area contributed by atoms with Crippen LogP contribution in [0.3, 0.4) is 0 Å². The standard InChI is InChI=1S/C13H24N2O/c1-5-14-11(2)12-7-6-9-15(12)10-8-13(3,4)16/h6-7,9,11,14,16H,5,8,10H2,1-4H3. The minimum atomic E-state index is -0.594. The molecule has 0 bridgehead atoms. The highest BCUT2D eigenvalue weighted by atomic mass is 16.3. The van der Waals surface area contributed by atoms with Gasteiger partial charge in [0.05, 0.1) is 5.60 Å². The number of aliphatic hydroxyl groups is 1. The van der Waals surface area contributed by atoms with Crippen LogP contribution in [0.2, 0.25) is 0 Å². The van der Waals surface area contributed by atoms with Crippen molar-refractivity contribution in [2.24, 2.45) is 0 Å². The molecule has 0 saturated carbocycles. The summed E-state index contributed by atoms with van der Waals surface area (Å²) < 4.78 is 2.21. The van der Waals surface area contributed by atoms with Gasteiger partial charge in [0.25, 0.3) is 0 Å². The van der Waals surface area contributed by atoms with E-state index in [1.165, 1.54) is 5.69 Å². The van der Waals surface area contributed by atoms with E-state index in [2.05, 4.69) is 42.1 Å². The second-order valence-corrected chi connectivity index (χ2v) is 4.97. The molecule has 1 heterocycles. The van der Waals surface area contributed by atoms with Crippen LogP contribution in [0.5, 0.6) is 0 Å². The van der Waals surface area contributed by atoms with Gasteiger partial charge in [-0.2, -0.15) is 0 Å². The lowest BCUT2D eigenvalue weighted by Crippen LogP contribution is -2.24. The van der Waals surface area contributed by atoms with E-state index in [-0.39, 0.29) is 0 Å². The molecule has 1 atom stereocenters. The molecule has 3 heteroatoms. The summed E-state index contributed by atoms with van der Waals surface area (Å²) in [5.74, 6) is 0. The number of rotatable bonds is 6. The van der Waals surface area contributed by atoms with E-state index >= 15 is 0 Å². The van der Waals surface area contributed by atoms with E-state index in [0.29, 0.717) is 6.04 Å². The van der Waals surface area contributed by atoms with Crippen molar-refractivity contribution in [2.45, 2.75) is 52.3 Å². The predicted octanol–water partition coefficient (Wildman–Crippen LogP) is 2.32. The molecule has 0 aromatic carbocycles. The van der Waals surface area contributed by atoms with Gasteiger partial charge in [0, 0.05) is 24.5 Å². The van der Waals surface area contributed by atoms with Crippen molar-refractivity contribution in [2.75, 3.05) is 6.54 Å². The SMILES string of the molecule is CCNC(C)c1cccn1CCC(C)(C)O. The molecule has 0 aliphatic heterocycles. The summed E-state index contributed by atoms with van der Waals surface area (Å²) in [4.78, 5) is 0. The zero-order valence-electron chi connectivity index (χ0n) is 10.8. The Morgan fingerprint density at radius 3 is 2.75 bits per heavy atom. The van der Waals surface area contributed by atoms with Crippen molar-refractivity contribution < 1.29 is 5.11 Å². The predicted molar refractivity (Wildman–Crippen MR) is 67.4 cm³/mol. The van der Waals surface area contributed by atoms with Crippen LogP contribution in [-0.4, -0.2) is 21.8 Å². The minimum absolute atomic E-state index is 0.363. The van der Waals surface area contributed by atoms with Gasteiger partial charge in [-0.25, -0.2) is 0 Å². The van der Waals surface area contributed by atoms with E-state index in [0.717, 1.165) is 19.5 Å². The first kappa shape index (κ1) is 13.3. The van der Waals surface area contributed by atoms with Crippen LogP contribution in [0.4, 0.5) is 0 Å². The van der Waals surface area contributed by atoms with Gasteiger partial charge in [-0.1, -0.05) is 6.92 Å². The maximum absolute atomic E-state index is 9.72. The van der Waals surface area contributed by atoms with Gasteiger partial charge < -0.3 is 15.0 Å². The fourth-order valence-electron chi connectivity index (χ4n) is 1.83. The lowest BCUT2D eigenvalue weighted by molar-refractivity contribution is 0.0659. The minimum Gasteiger partial charge on any atom is -0.390 e. The number of aryl methyl sites for hydroxylation is 1. The third kappa shape index (κ3) is 3.99. The average Bonchev–Trinajstić information content (AvgIpc) is 2.61. The molecule has 0 aliphatic rings. The van der Waals surface area contributed by atoms with Crippen molar-refractivity contribution in [3.05, 3.63) is 24.0 Å². The topological polar surface area (TPSA) is 37.2 Å². The van der Waals surface area contributed by atoms with Gasteiger partial charge in [0.1, 0.15) is 0 Å². The second-order valence-electron chi connectivity index (χ2n) is 4.97. The molecule has 0 fully saturated rings. The molecule has 0 aliphatic carbocycles. The van der Waals surface area contributed by atoms with Crippen LogP contribution in [0.1, 0.15) is 45.9 Å². The summed E-state index contributed by atoms with van der Waals surface area (Å²) in [6, 6.07) is 4.56. The molecule has 1 unspecified atom stereocenters. The monoisotopic (exact) mass is 224 g/mol. The van der Waals surface area contributed by atoms with Crippen LogP contribution in [0.25, 0.3) is 0 Å². The number of nitrogens with one attached hydrogen (secondary N) is 1. The summed E-state index contributed by atoms with van der Waals surface area (Å²) in [5.41, 5.74) is 0.689. The number of hydrogen-bond donors (Lipinski definition) is 2. The molecular formula is C13H24N2O. The molecule has 2 N–H and O–H groups in total. The van der Waals surface area contributed by atoms with Crippen LogP contribution in [0, 0.1) is 0 Å². The number of hydrogen-bond acceptors (Lipinski definition) is 2. The molecule has 16 heavy (non-hydrogen) atoms. The molecule has 0 spiro atoms. The first-order valence-corrected chi connectivity index (χ1v) is 6.05. The Morgan fingerprint density at radius 1 is 1.50 bits per heavy atom. The lowest BCUT2D eigenvalue weighted by Gasteiger charge is -2.20. The highest BCUT2D eigenvalue weighted by Gasteiger charge is 2.14. The summed E-state index contributed by atoms with van der Waals surface area (Å²) >= 11 is 0. The van der Waals surface area contributed by atoms with Crippen LogP contribution < -0.4 is 5.32 Å². The van der Waals surface area contributed by atoms with Gasteiger partial charge in [0.15, 0.2) is 0 Å². The van der Waals surface area contributed by atoms with Crippen molar-refractivity contribution in [1.82, 2.24) is 9.88 Å². The highest BCUT2D eigenvalue weighted by Crippen LogP contribution is 2.16. The van der Waals surface area contributed by atoms with Gasteiger partial charge in [-0.05, 0) is 45.9 Å². The van der Waals surface area contributed by atoms with Gasteiger partial charge in [0.2, 0.25) is 0 Å². The molecule has 1 aromatic rings. The van der Waals surface area contributed by atoms with Crippen molar-refractivity contribution in [3.63, 3.8) is 0 Å². The Balaban J connectivity index is 2.63. The first-order chi connectivity index (χ1) is 7.44. The summed E-state index contributed by atoms with van der Waals surface area (Å²) in [5, 5.41) is 13.1. The zero-order valence-corrected chi connectivity index (χ0v) is 10.8. The Labute approximate surface area is 98.5 Å². The Morgan fingerprint density at radius 2 is 2.19 bits per heavy atom. The molecule has 0 saturated heterocycles. The van der Waals surface area contributed by atoms with Crippen molar-refractivity contribution >= 4 is 0 Å². The molecule has 92 valence electrons. The first-order valence-electron chi connectivity index (χ1n) is 6.05. The van der Waals surface area contributed by atoms with Crippen LogP contribution >= 0.6 is 0 Å². The third-order valence-corrected chi connectivity index (χ3v) is 2.78. The summed E-state index contributed by atoms with van der Waals surface area (Å²) in [6.45, 7) is 9.81. The highest BCUT2D eigenvalue weighted by molar-refractivity contribution is 5.11. The summed E-state index contributed by atoms with van der Waals surface area (Å²) in [7, 11) is 0. The van der Waals surface area contributed by atoms with E-state index < -0.39 is 5.60 Å². The Kier molecular flexibility index (Phi) is 4.56. The van der Waals surface area contributed by atoms with Gasteiger partial charge >= 0.3 is 0 Å². The van der Waals surface area contributed by atoms with Crippen LogP contribution in [0.15, 0.2) is 18.3 Å². The molecule has 0 amide bonds. The van der Waals surface area contributed by atoms with Gasteiger partial charge in [-0.3, -0.25) is 0 Å². The maximum Gasteiger partial charge on any atom is 0.0608 e. The average molecular weight is 224 g/mol. The lowest BCUT2D eigenvalue weighted by atomic mass is 10.1. The molecule has 3 nitrogen and oxygen atoms in total. The number of nitrogens with zero attached hydrogens (tertiary/aromatic N) is 1. The molecule has 1 rings (SSSR count). The fourth-order valence-corrected chi connectivity index (χ4v) is 1.83. The Hall–Kier alpha value is -0.800. The van der Waals surface area contributed by atoms with E-state index in [1.807, 2.05) is 13.8 Å². The molecule has 0 radical (unpaired) electrons. The quantitative estimate of drug-likeness (QED) is 0.778. The number of aromatic nitrogens is 1. The maximum atomic E-state index is 9.72. The third-order valence-electron chi connectivity index (χ3n) is 2.78. The second kappa shape index (κ2) is 5.51. The van der Waals surface area contributed by atoms with Crippen LogP contribution in [-0.2, 0) is 6.54 Å². The van der Waals surface area contributed by atoms with E-state index in [1.54, 1.807) is 0 Å². The zero-order chi connectivity index (χ0) is 12.2. The van der Waals surface area contributed by atoms with Crippen molar-refractivity contribution in [1.29, 1.82) is 0 Å². The Bertz CT molecular complexity index is 312. The normalized spacial score (nSPS) is 14.1. The molecular weight excluding hydrogens is 200 g/mol. The largest absolute Gasteiger partial charge is 0.390 e. The van der Waals surface area contributed by atoms with Crippen molar-refractivity contribution in [3.8, 4) is 0 Å². The smallest absolute Gasteiger partial charge is 0.0608 e. The summed E-state index contributed by atoms with van der Waals surface area (Å²) in [6.07, 6.45) is 2.85. The van der Waals surface area contributed by atoms with Gasteiger partial charge in [-0.15, -0.1) is 0 Å².